The highest BCUT2D eigenvalue weighted by atomic mass is 32.1. The smallest absolute Gasteiger partial charge is 0.186 e. The Bertz CT molecular complexity index is 365. The number of phenols is 1. The van der Waals surface area contributed by atoms with Crippen molar-refractivity contribution < 1.29 is 5.11 Å². The van der Waals surface area contributed by atoms with Gasteiger partial charge in [-0.15, -0.1) is 0 Å². The van der Waals surface area contributed by atoms with Crippen LogP contribution in [0, 0.1) is 0 Å². The van der Waals surface area contributed by atoms with Gasteiger partial charge in [0.25, 0.3) is 0 Å². The van der Waals surface area contributed by atoms with Crippen LogP contribution in [0.4, 0.5) is 0 Å². The predicted molar refractivity (Wildman–Crippen MR) is 65.1 cm³/mol. The summed E-state index contributed by atoms with van der Waals surface area (Å²) in [6.45, 7) is 2.69. The number of para-hydroxylation sites is 1. The molecule has 0 aliphatic rings. The van der Waals surface area contributed by atoms with Crippen molar-refractivity contribution in [2.75, 3.05) is 6.54 Å². The van der Waals surface area contributed by atoms with Gasteiger partial charge in [-0.25, -0.2) is 0 Å². The molecule has 5 heteroatoms. The molecule has 0 aromatic heterocycles. The first kappa shape index (κ1) is 11.5. The van der Waals surface area contributed by atoms with Crippen LogP contribution in [-0.2, 0) is 0 Å². The van der Waals surface area contributed by atoms with Gasteiger partial charge in [0.1, 0.15) is 5.75 Å². The number of hydrogen-bond donors (Lipinski definition) is 3. The molecule has 3 N–H and O–H groups in total. The van der Waals surface area contributed by atoms with Crippen LogP contribution in [0.1, 0.15) is 12.5 Å². The van der Waals surface area contributed by atoms with E-state index in [9.17, 15) is 5.11 Å². The van der Waals surface area contributed by atoms with Gasteiger partial charge < -0.3 is 10.4 Å². The number of aromatic hydroxyl groups is 1. The maximum atomic E-state index is 9.41. The number of benzene rings is 1. The van der Waals surface area contributed by atoms with Crippen molar-refractivity contribution in [3.05, 3.63) is 29.8 Å². The number of hydrazone groups is 1. The Morgan fingerprint density at radius 1 is 1.53 bits per heavy atom. The lowest BCUT2D eigenvalue weighted by Gasteiger charge is -2.02. The molecule has 0 unspecified atom stereocenters. The van der Waals surface area contributed by atoms with Gasteiger partial charge >= 0.3 is 0 Å². The van der Waals surface area contributed by atoms with Gasteiger partial charge in [0, 0.05) is 12.1 Å². The van der Waals surface area contributed by atoms with E-state index >= 15 is 0 Å². The van der Waals surface area contributed by atoms with E-state index < -0.39 is 0 Å². The predicted octanol–water partition coefficient (Wildman–Crippen LogP) is 1.21. The molecule has 0 fully saturated rings. The van der Waals surface area contributed by atoms with Gasteiger partial charge in [0.05, 0.1) is 6.21 Å². The normalized spacial score (nSPS) is 10.2. The summed E-state index contributed by atoms with van der Waals surface area (Å²) in [5.74, 6) is 0.192. The molecule has 0 aliphatic heterocycles. The summed E-state index contributed by atoms with van der Waals surface area (Å²) in [7, 11) is 0. The zero-order chi connectivity index (χ0) is 11.1. The molecular weight excluding hydrogens is 210 g/mol. The quantitative estimate of drug-likeness (QED) is 0.409. The zero-order valence-electron chi connectivity index (χ0n) is 8.40. The Morgan fingerprint density at radius 2 is 2.27 bits per heavy atom. The van der Waals surface area contributed by atoms with Gasteiger partial charge in [-0.3, -0.25) is 5.43 Å². The minimum atomic E-state index is 0.192. The second-order valence-corrected chi connectivity index (χ2v) is 3.20. The molecule has 1 aromatic carbocycles. The molecule has 0 spiro atoms. The Kier molecular flexibility index (Phi) is 4.56. The molecule has 1 rings (SSSR count). The van der Waals surface area contributed by atoms with Crippen LogP contribution in [0.2, 0.25) is 0 Å². The lowest BCUT2D eigenvalue weighted by molar-refractivity contribution is 0.474. The van der Waals surface area contributed by atoms with Crippen LogP contribution in [0.25, 0.3) is 0 Å². The molecule has 0 amide bonds. The molecule has 0 heterocycles. The monoisotopic (exact) mass is 223 g/mol. The molecule has 4 nitrogen and oxygen atoms in total. The number of nitrogens with one attached hydrogen (secondary N) is 2. The average Bonchev–Trinajstić information content (AvgIpc) is 2.21. The summed E-state index contributed by atoms with van der Waals surface area (Å²) < 4.78 is 0. The maximum absolute atomic E-state index is 9.41. The van der Waals surface area contributed by atoms with Crippen LogP contribution in [0.15, 0.2) is 29.4 Å². The molecule has 15 heavy (non-hydrogen) atoms. The molecule has 1 aromatic rings. The van der Waals surface area contributed by atoms with Crippen LogP contribution in [0.5, 0.6) is 5.75 Å². The average molecular weight is 223 g/mol. The first-order valence-electron chi connectivity index (χ1n) is 4.59. The van der Waals surface area contributed by atoms with E-state index in [1.54, 1.807) is 18.2 Å². The SMILES string of the molecule is CCNC(=S)N/N=C/c1ccccc1O. The molecule has 80 valence electrons. The Hall–Kier alpha value is -1.62. The minimum Gasteiger partial charge on any atom is -0.507 e. The Labute approximate surface area is 94.0 Å². The summed E-state index contributed by atoms with van der Waals surface area (Å²) in [6.07, 6.45) is 1.51. The van der Waals surface area contributed by atoms with Crippen molar-refractivity contribution in [2.24, 2.45) is 5.10 Å². The first-order valence-corrected chi connectivity index (χ1v) is 4.99. The van der Waals surface area contributed by atoms with Crippen LogP contribution < -0.4 is 10.7 Å². The van der Waals surface area contributed by atoms with Crippen LogP contribution >= 0.6 is 12.2 Å². The summed E-state index contributed by atoms with van der Waals surface area (Å²) in [5, 5.41) is 16.6. The fourth-order valence-electron chi connectivity index (χ4n) is 0.957. The maximum Gasteiger partial charge on any atom is 0.186 e. The topological polar surface area (TPSA) is 56.7 Å². The van der Waals surface area contributed by atoms with Crippen molar-refractivity contribution in [2.45, 2.75) is 6.92 Å². The van der Waals surface area contributed by atoms with Gasteiger partial charge in [0.15, 0.2) is 5.11 Å². The summed E-state index contributed by atoms with van der Waals surface area (Å²) in [4.78, 5) is 0. The number of thiocarbonyl (C=S) groups is 1. The third-order valence-corrected chi connectivity index (χ3v) is 1.88. The zero-order valence-corrected chi connectivity index (χ0v) is 9.21. The third kappa shape index (κ3) is 3.95. The number of rotatable bonds is 3. The molecule has 0 saturated heterocycles. The lowest BCUT2D eigenvalue weighted by Crippen LogP contribution is -2.31. The second kappa shape index (κ2) is 5.98. The van der Waals surface area contributed by atoms with E-state index in [1.807, 2.05) is 13.0 Å². The van der Waals surface area contributed by atoms with Gasteiger partial charge in [-0.2, -0.15) is 5.10 Å². The van der Waals surface area contributed by atoms with E-state index in [4.69, 9.17) is 12.2 Å². The summed E-state index contributed by atoms with van der Waals surface area (Å²) in [6, 6.07) is 6.94. The van der Waals surface area contributed by atoms with E-state index in [2.05, 4.69) is 15.8 Å². The third-order valence-electron chi connectivity index (χ3n) is 1.64. The largest absolute Gasteiger partial charge is 0.507 e. The molecule has 0 bridgehead atoms. The fourth-order valence-corrected chi connectivity index (χ4v) is 1.15. The molecule has 0 radical (unpaired) electrons. The number of nitrogens with zero attached hydrogens (tertiary/aromatic N) is 1. The number of phenolic OH excluding ortho intramolecular Hbond substituents is 1. The highest BCUT2D eigenvalue weighted by Gasteiger charge is 1.94. The molecular formula is C10H13N3OS. The van der Waals surface area contributed by atoms with E-state index in [1.165, 1.54) is 6.21 Å². The van der Waals surface area contributed by atoms with Gasteiger partial charge in [-0.05, 0) is 31.3 Å². The highest BCUT2D eigenvalue weighted by molar-refractivity contribution is 7.80. The van der Waals surface area contributed by atoms with Crippen LogP contribution in [0.3, 0.4) is 0 Å². The van der Waals surface area contributed by atoms with Crippen molar-refractivity contribution in [1.29, 1.82) is 0 Å². The lowest BCUT2D eigenvalue weighted by atomic mass is 10.2. The Morgan fingerprint density at radius 3 is 2.93 bits per heavy atom. The summed E-state index contributed by atoms with van der Waals surface area (Å²) >= 11 is 4.90. The van der Waals surface area contributed by atoms with Crippen molar-refractivity contribution >= 4 is 23.5 Å². The molecule has 0 atom stereocenters. The first-order chi connectivity index (χ1) is 7.24. The molecule has 0 aliphatic carbocycles. The highest BCUT2D eigenvalue weighted by Crippen LogP contribution is 2.12. The Balaban J connectivity index is 2.52. The summed E-state index contributed by atoms with van der Waals surface area (Å²) in [5.41, 5.74) is 3.28. The van der Waals surface area contributed by atoms with E-state index in [0.717, 1.165) is 6.54 Å². The van der Waals surface area contributed by atoms with Crippen molar-refractivity contribution in [3.8, 4) is 5.75 Å². The standard InChI is InChI=1S/C10H13N3OS/c1-2-11-10(15)13-12-7-8-5-3-4-6-9(8)14/h3-7,14H,2H2,1H3,(H2,11,13,15)/b12-7+. The molecule has 0 saturated carbocycles. The number of hydrogen-bond acceptors (Lipinski definition) is 3. The van der Waals surface area contributed by atoms with Gasteiger partial charge in [-0.1, -0.05) is 12.1 Å². The van der Waals surface area contributed by atoms with E-state index in [-0.39, 0.29) is 5.75 Å². The second-order valence-electron chi connectivity index (χ2n) is 2.79. The van der Waals surface area contributed by atoms with Gasteiger partial charge in [0.2, 0.25) is 0 Å². The van der Waals surface area contributed by atoms with E-state index in [0.29, 0.717) is 10.7 Å². The van der Waals surface area contributed by atoms with Crippen LogP contribution in [-0.4, -0.2) is 23.0 Å². The van der Waals surface area contributed by atoms with Crippen molar-refractivity contribution in [1.82, 2.24) is 10.7 Å². The minimum absolute atomic E-state index is 0.192. The fraction of sp³-hybridized carbons (Fsp3) is 0.200. The van der Waals surface area contributed by atoms with Crippen molar-refractivity contribution in [3.63, 3.8) is 0 Å².